The van der Waals surface area contributed by atoms with Gasteiger partial charge in [-0.15, -0.1) is 0 Å². The molecule has 0 bridgehead atoms. The average molecular weight is 248 g/mol. The number of rotatable bonds is 4. The summed E-state index contributed by atoms with van der Waals surface area (Å²) in [6.07, 6.45) is 8.74. The molecule has 1 aliphatic heterocycles. The van der Waals surface area contributed by atoms with Crippen molar-refractivity contribution >= 4 is 5.95 Å². The number of nitrogens with two attached hydrogens (primary N) is 1. The largest absolute Gasteiger partial charge is 0.341 e. The molecule has 18 heavy (non-hydrogen) atoms. The fraction of sp³-hybridized carbons (Fsp3) is 0.714. The number of aromatic nitrogens is 2. The Hall–Kier alpha value is -1.16. The lowest BCUT2D eigenvalue weighted by Crippen LogP contribution is -2.40. The third kappa shape index (κ3) is 2.64. The van der Waals surface area contributed by atoms with Gasteiger partial charge in [-0.05, 0) is 18.3 Å². The third-order valence-corrected chi connectivity index (χ3v) is 4.53. The molecular formula is C14H24N4. The van der Waals surface area contributed by atoms with E-state index in [2.05, 4.69) is 28.7 Å². The van der Waals surface area contributed by atoms with Crippen molar-refractivity contribution in [2.24, 2.45) is 11.1 Å². The van der Waals surface area contributed by atoms with E-state index < -0.39 is 0 Å². The molecule has 0 saturated carbocycles. The molecule has 0 atom stereocenters. The summed E-state index contributed by atoms with van der Waals surface area (Å²) in [4.78, 5) is 11.1. The molecule has 1 aromatic heterocycles. The summed E-state index contributed by atoms with van der Waals surface area (Å²) in [5.41, 5.74) is 7.10. The fourth-order valence-corrected chi connectivity index (χ4v) is 2.75. The second-order valence-corrected chi connectivity index (χ2v) is 5.29. The topological polar surface area (TPSA) is 55.0 Å². The first-order chi connectivity index (χ1) is 8.73. The van der Waals surface area contributed by atoms with E-state index in [1.165, 1.54) is 25.7 Å². The molecule has 2 heterocycles. The number of anilines is 1. The van der Waals surface area contributed by atoms with Crippen molar-refractivity contribution in [3.8, 4) is 0 Å². The number of piperidine rings is 1. The van der Waals surface area contributed by atoms with E-state index in [1.54, 1.807) is 0 Å². The average Bonchev–Trinajstić information content (AvgIpc) is 2.47. The van der Waals surface area contributed by atoms with E-state index in [-0.39, 0.29) is 0 Å². The predicted octanol–water partition coefficient (Wildman–Crippen LogP) is 2.34. The van der Waals surface area contributed by atoms with E-state index in [4.69, 9.17) is 5.73 Å². The van der Waals surface area contributed by atoms with Crippen molar-refractivity contribution < 1.29 is 0 Å². The summed E-state index contributed by atoms with van der Waals surface area (Å²) in [5.74, 6) is 0.855. The van der Waals surface area contributed by atoms with Gasteiger partial charge in [-0.1, -0.05) is 26.7 Å². The van der Waals surface area contributed by atoms with Gasteiger partial charge in [0.05, 0.1) is 0 Å². The zero-order valence-corrected chi connectivity index (χ0v) is 11.5. The molecule has 0 aromatic carbocycles. The van der Waals surface area contributed by atoms with Crippen LogP contribution in [-0.2, 0) is 6.54 Å². The lowest BCUT2D eigenvalue weighted by atomic mass is 9.74. The Kier molecular flexibility index (Phi) is 4.17. The molecule has 4 heteroatoms. The van der Waals surface area contributed by atoms with Crippen LogP contribution in [0.3, 0.4) is 0 Å². The van der Waals surface area contributed by atoms with Gasteiger partial charge >= 0.3 is 0 Å². The molecule has 0 aliphatic carbocycles. The minimum Gasteiger partial charge on any atom is -0.341 e. The second-order valence-electron chi connectivity index (χ2n) is 5.29. The zero-order valence-electron chi connectivity index (χ0n) is 11.5. The lowest BCUT2D eigenvalue weighted by molar-refractivity contribution is 0.198. The van der Waals surface area contributed by atoms with E-state index in [0.717, 1.165) is 24.6 Å². The Morgan fingerprint density at radius 1 is 1.17 bits per heavy atom. The highest BCUT2D eigenvalue weighted by Gasteiger charge is 2.31. The molecule has 4 nitrogen and oxygen atoms in total. The Morgan fingerprint density at radius 2 is 1.72 bits per heavy atom. The molecule has 100 valence electrons. The first kappa shape index (κ1) is 13.3. The monoisotopic (exact) mass is 248 g/mol. The van der Waals surface area contributed by atoms with Gasteiger partial charge in [0.2, 0.25) is 5.95 Å². The maximum absolute atomic E-state index is 5.56. The van der Waals surface area contributed by atoms with Gasteiger partial charge in [-0.2, -0.15) is 0 Å². The second kappa shape index (κ2) is 5.65. The molecule has 0 radical (unpaired) electrons. The summed E-state index contributed by atoms with van der Waals surface area (Å²) in [7, 11) is 0. The van der Waals surface area contributed by atoms with Gasteiger partial charge in [0.1, 0.15) is 0 Å². The van der Waals surface area contributed by atoms with Gasteiger partial charge in [-0.25, -0.2) is 9.97 Å². The summed E-state index contributed by atoms with van der Waals surface area (Å²) >= 11 is 0. The molecule has 1 aliphatic rings. The van der Waals surface area contributed by atoms with Crippen molar-refractivity contribution in [2.45, 2.75) is 46.1 Å². The molecular weight excluding hydrogens is 224 g/mol. The summed E-state index contributed by atoms with van der Waals surface area (Å²) in [5, 5.41) is 0. The first-order valence-corrected chi connectivity index (χ1v) is 6.99. The summed E-state index contributed by atoms with van der Waals surface area (Å²) in [6, 6.07) is 0. The molecule has 1 saturated heterocycles. The van der Waals surface area contributed by atoms with Gasteiger partial charge < -0.3 is 10.6 Å². The minimum atomic E-state index is 0.509. The van der Waals surface area contributed by atoms with Crippen LogP contribution < -0.4 is 10.6 Å². The van der Waals surface area contributed by atoms with Gasteiger partial charge in [0.25, 0.3) is 0 Å². The van der Waals surface area contributed by atoms with Crippen LogP contribution in [-0.4, -0.2) is 23.1 Å². The van der Waals surface area contributed by atoms with Gasteiger partial charge in [-0.3, -0.25) is 0 Å². The van der Waals surface area contributed by atoms with Gasteiger partial charge in [0.15, 0.2) is 0 Å². The van der Waals surface area contributed by atoms with Crippen LogP contribution in [0.2, 0.25) is 0 Å². The van der Waals surface area contributed by atoms with Crippen molar-refractivity contribution in [2.75, 3.05) is 18.0 Å². The smallest absolute Gasteiger partial charge is 0.225 e. The number of nitrogens with zero attached hydrogens (tertiary/aromatic N) is 3. The van der Waals surface area contributed by atoms with E-state index in [0.29, 0.717) is 12.0 Å². The predicted molar refractivity (Wildman–Crippen MR) is 74.4 cm³/mol. The van der Waals surface area contributed by atoms with Crippen LogP contribution in [0.25, 0.3) is 0 Å². The Bertz CT molecular complexity index is 360. The standard InChI is InChI=1S/C14H24N4/c1-3-14(4-2)5-7-18(8-6-14)13-16-10-12(9-15)11-17-13/h10-11H,3-9,15H2,1-2H3. The van der Waals surface area contributed by atoms with Crippen LogP contribution in [0.1, 0.15) is 45.1 Å². The number of hydrogen-bond donors (Lipinski definition) is 1. The quantitative estimate of drug-likeness (QED) is 0.888. The molecule has 2 rings (SSSR count). The van der Waals surface area contributed by atoms with Crippen LogP contribution in [0.5, 0.6) is 0 Å². The minimum absolute atomic E-state index is 0.509. The van der Waals surface area contributed by atoms with E-state index in [9.17, 15) is 0 Å². The third-order valence-electron chi connectivity index (χ3n) is 4.53. The SMILES string of the molecule is CCC1(CC)CCN(c2ncc(CN)cn2)CC1. The molecule has 1 fully saturated rings. The Labute approximate surface area is 110 Å². The summed E-state index contributed by atoms with van der Waals surface area (Å²) in [6.45, 7) is 7.28. The lowest BCUT2D eigenvalue weighted by Gasteiger charge is -2.41. The van der Waals surface area contributed by atoms with Crippen LogP contribution >= 0.6 is 0 Å². The van der Waals surface area contributed by atoms with Crippen molar-refractivity contribution in [1.29, 1.82) is 0 Å². The molecule has 1 aromatic rings. The highest BCUT2D eigenvalue weighted by molar-refractivity contribution is 5.30. The van der Waals surface area contributed by atoms with Crippen molar-refractivity contribution in [3.63, 3.8) is 0 Å². The first-order valence-electron chi connectivity index (χ1n) is 6.99. The zero-order chi connectivity index (χ0) is 13.0. The fourth-order valence-electron chi connectivity index (χ4n) is 2.75. The van der Waals surface area contributed by atoms with E-state index >= 15 is 0 Å². The summed E-state index contributed by atoms with van der Waals surface area (Å²) < 4.78 is 0. The Morgan fingerprint density at radius 3 is 2.17 bits per heavy atom. The Balaban J connectivity index is 2.00. The molecule has 0 unspecified atom stereocenters. The maximum atomic E-state index is 5.56. The van der Waals surface area contributed by atoms with Crippen LogP contribution in [0.15, 0.2) is 12.4 Å². The normalized spacial score (nSPS) is 18.9. The molecule has 0 spiro atoms. The van der Waals surface area contributed by atoms with Crippen molar-refractivity contribution in [3.05, 3.63) is 18.0 Å². The highest BCUT2D eigenvalue weighted by atomic mass is 15.2. The van der Waals surface area contributed by atoms with E-state index in [1.807, 2.05) is 12.4 Å². The van der Waals surface area contributed by atoms with Crippen LogP contribution in [0.4, 0.5) is 5.95 Å². The molecule has 2 N–H and O–H groups in total. The highest BCUT2D eigenvalue weighted by Crippen LogP contribution is 2.38. The van der Waals surface area contributed by atoms with Crippen LogP contribution in [0, 0.1) is 5.41 Å². The van der Waals surface area contributed by atoms with Gasteiger partial charge in [0, 0.05) is 37.6 Å². The van der Waals surface area contributed by atoms with Crippen molar-refractivity contribution in [1.82, 2.24) is 9.97 Å². The number of hydrogen-bond acceptors (Lipinski definition) is 4. The molecule has 0 amide bonds. The maximum Gasteiger partial charge on any atom is 0.225 e.